The molecule has 2 aromatic rings. The van der Waals surface area contributed by atoms with Crippen molar-refractivity contribution in [2.24, 2.45) is 0 Å². The number of rotatable bonds is 3. The van der Waals surface area contributed by atoms with Gasteiger partial charge in [-0.05, 0) is 42.5 Å². The summed E-state index contributed by atoms with van der Waals surface area (Å²) in [6, 6.07) is 12.2. The van der Waals surface area contributed by atoms with Crippen LogP contribution in [0, 0.1) is 0 Å². The molecule has 2 aliphatic heterocycles. The van der Waals surface area contributed by atoms with Crippen molar-refractivity contribution in [3.05, 3.63) is 53.6 Å². The van der Waals surface area contributed by atoms with E-state index in [1.807, 2.05) is 24.3 Å². The number of hydrogen-bond donors (Lipinski definition) is 2. The van der Waals surface area contributed by atoms with E-state index in [2.05, 4.69) is 10.6 Å². The number of imide groups is 1. The highest BCUT2D eigenvalue weighted by Gasteiger charge is 2.54. The molecule has 5 rings (SSSR count). The highest BCUT2D eigenvalue weighted by Crippen LogP contribution is 2.40. The molecule has 0 radical (unpaired) electrons. The first-order valence-corrected chi connectivity index (χ1v) is 10.5. The summed E-state index contributed by atoms with van der Waals surface area (Å²) in [5.74, 6) is 0.350. The van der Waals surface area contributed by atoms with Crippen molar-refractivity contribution in [1.82, 2.24) is 10.2 Å². The Morgan fingerprint density at radius 1 is 1.06 bits per heavy atom. The number of urea groups is 1. The Labute approximate surface area is 179 Å². The molecule has 0 unspecified atom stereocenters. The molecule has 160 valence electrons. The molecular weight excluding hydrogens is 398 g/mol. The predicted molar refractivity (Wildman–Crippen MR) is 112 cm³/mol. The highest BCUT2D eigenvalue weighted by atomic mass is 16.5. The summed E-state index contributed by atoms with van der Waals surface area (Å²) in [5, 5.41) is 5.61. The van der Waals surface area contributed by atoms with Crippen LogP contribution in [0.3, 0.4) is 0 Å². The second kappa shape index (κ2) is 7.61. The van der Waals surface area contributed by atoms with E-state index in [-0.39, 0.29) is 12.5 Å². The zero-order chi connectivity index (χ0) is 21.4. The fraction of sp³-hybridized carbons (Fsp3) is 0.348. The minimum Gasteiger partial charge on any atom is -0.490 e. The van der Waals surface area contributed by atoms with Crippen LogP contribution >= 0.6 is 0 Å². The SMILES string of the molecule is O=C(CN1C(=O)N[C@@]2(CCCc3ccccc32)C1=O)Nc1ccc2c(c1)OCCCO2. The van der Waals surface area contributed by atoms with Gasteiger partial charge in [-0.25, -0.2) is 4.79 Å². The molecule has 2 N–H and O–H groups in total. The lowest BCUT2D eigenvalue weighted by Crippen LogP contribution is -2.47. The van der Waals surface area contributed by atoms with E-state index in [0.29, 0.717) is 36.8 Å². The van der Waals surface area contributed by atoms with Crippen molar-refractivity contribution in [3.63, 3.8) is 0 Å². The summed E-state index contributed by atoms with van der Waals surface area (Å²) in [6.45, 7) is 0.759. The molecule has 4 amide bonds. The minimum absolute atomic E-state index is 0.358. The van der Waals surface area contributed by atoms with Gasteiger partial charge in [0.05, 0.1) is 13.2 Å². The van der Waals surface area contributed by atoms with Gasteiger partial charge in [0.2, 0.25) is 5.91 Å². The number of ether oxygens (including phenoxy) is 2. The summed E-state index contributed by atoms with van der Waals surface area (Å²) >= 11 is 0. The second-order valence-electron chi connectivity index (χ2n) is 8.00. The van der Waals surface area contributed by atoms with E-state index in [9.17, 15) is 14.4 Å². The number of carbonyl (C=O) groups is 3. The summed E-state index contributed by atoms with van der Waals surface area (Å²) in [7, 11) is 0. The molecule has 1 fully saturated rings. The minimum atomic E-state index is -1.08. The zero-order valence-corrected chi connectivity index (χ0v) is 17.0. The Balaban J connectivity index is 1.32. The molecule has 1 aliphatic carbocycles. The first kappa shape index (κ1) is 19.4. The van der Waals surface area contributed by atoms with Crippen LogP contribution < -0.4 is 20.1 Å². The Morgan fingerprint density at radius 2 is 1.87 bits per heavy atom. The molecule has 1 saturated heterocycles. The van der Waals surface area contributed by atoms with E-state index < -0.39 is 17.5 Å². The molecule has 1 atom stereocenters. The van der Waals surface area contributed by atoms with Crippen molar-refractivity contribution < 1.29 is 23.9 Å². The zero-order valence-electron chi connectivity index (χ0n) is 17.0. The van der Waals surface area contributed by atoms with Crippen LogP contribution in [0.15, 0.2) is 42.5 Å². The molecular formula is C23H23N3O5. The first-order valence-electron chi connectivity index (χ1n) is 10.5. The number of hydrogen-bond acceptors (Lipinski definition) is 5. The lowest BCUT2D eigenvalue weighted by molar-refractivity contribution is -0.134. The van der Waals surface area contributed by atoms with Gasteiger partial charge in [-0.2, -0.15) is 0 Å². The van der Waals surface area contributed by atoms with Gasteiger partial charge < -0.3 is 20.1 Å². The van der Waals surface area contributed by atoms with Crippen molar-refractivity contribution in [1.29, 1.82) is 0 Å². The highest BCUT2D eigenvalue weighted by molar-refractivity contribution is 6.10. The van der Waals surface area contributed by atoms with Gasteiger partial charge in [-0.1, -0.05) is 24.3 Å². The maximum Gasteiger partial charge on any atom is 0.325 e. The summed E-state index contributed by atoms with van der Waals surface area (Å²) < 4.78 is 11.2. The van der Waals surface area contributed by atoms with E-state index in [4.69, 9.17) is 9.47 Å². The maximum absolute atomic E-state index is 13.3. The van der Waals surface area contributed by atoms with Crippen LogP contribution in [0.4, 0.5) is 10.5 Å². The Bertz CT molecular complexity index is 1070. The fourth-order valence-corrected chi connectivity index (χ4v) is 4.54. The normalized spacial score (nSPS) is 22.0. The Hall–Kier alpha value is -3.55. The number of amides is 4. The largest absolute Gasteiger partial charge is 0.490 e. The van der Waals surface area contributed by atoms with Gasteiger partial charge >= 0.3 is 6.03 Å². The second-order valence-corrected chi connectivity index (χ2v) is 8.00. The summed E-state index contributed by atoms with van der Waals surface area (Å²) in [5.41, 5.74) is 1.31. The summed E-state index contributed by atoms with van der Waals surface area (Å²) in [6.07, 6.45) is 2.97. The number of nitrogens with zero attached hydrogens (tertiary/aromatic N) is 1. The topological polar surface area (TPSA) is 97.0 Å². The quantitative estimate of drug-likeness (QED) is 0.743. The lowest BCUT2D eigenvalue weighted by atomic mass is 9.76. The smallest absolute Gasteiger partial charge is 0.325 e. The van der Waals surface area contributed by atoms with Gasteiger partial charge in [-0.15, -0.1) is 0 Å². The van der Waals surface area contributed by atoms with Crippen molar-refractivity contribution in [2.45, 2.75) is 31.2 Å². The maximum atomic E-state index is 13.3. The van der Waals surface area contributed by atoms with Gasteiger partial charge in [0.25, 0.3) is 5.91 Å². The molecule has 8 nitrogen and oxygen atoms in total. The van der Waals surface area contributed by atoms with Gasteiger partial charge in [0.15, 0.2) is 11.5 Å². The molecule has 0 saturated carbocycles. The van der Waals surface area contributed by atoms with Crippen molar-refractivity contribution in [3.8, 4) is 11.5 Å². The third-order valence-electron chi connectivity index (χ3n) is 5.98. The molecule has 1 spiro atoms. The van der Waals surface area contributed by atoms with Crippen LogP contribution in [0.25, 0.3) is 0 Å². The monoisotopic (exact) mass is 421 g/mol. The number of anilines is 1. The van der Waals surface area contributed by atoms with Crippen molar-refractivity contribution in [2.75, 3.05) is 25.1 Å². The standard InChI is InChI=1S/C23H23N3O5/c27-20(24-16-8-9-18-19(13-16)31-12-4-11-30-18)14-26-21(28)23(25-22(26)29)10-3-6-15-5-1-2-7-17(15)23/h1-2,5,7-9,13H,3-4,6,10-12,14H2,(H,24,27)(H,25,29)/t23-/m1/s1. The Kier molecular flexibility index (Phi) is 4.77. The third kappa shape index (κ3) is 3.37. The molecule has 0 bridgehead atoms. The fourth-order valence-electron chi connectivity index (χ4n) is 4.54. The molecule has 2 aromatic carbocycles. The van der Waals surface area contributed by atoms with E-state index in [0.717, 1.165) is 35.3 Å². The van der Waals surface area contributed by atoms with Crippen molar-refractivity contribution >= 4 is 23.5 Å². The first-order chi connectivity index (χ1) is 15.1. The molecule has 8 heteroatoms. The number of aryl methyl sites for hydroxylation is 1. The van der Waals surface area contributed by atoms with Gasteiger partial charge in [-0.3, -0.25) is 14.5 Å². The molecule has 31 heavy (non-hydrogen) atoms. The van der Waals surface area contributed by atoms with E-state index in [1.165, 1.54) is 0 Å². The predicted octanol–water partition coefficient (Wildman–Crippen LogP) is 2.57. The number of fused-ring (bicyclic) bond motifs is 3. The van der Waals surface area contributed by atoms with E-state index in [1.54, 1.807) is 18.2 Å². The average Bonchev–Trinajstić information content (AvgIpc) is 2.93. The van der Waals surface area contributed by atoms with E-state index >= 15 is 0 Å². The van der Waals surface area contributed by atoms with Crippen LogP contribution in [-0.4, -0.2) is 42.5 Å². The average molecular weight is 421 g/mol. The van der Waals surface area contributed by atoms with Crippen LogP contribution in [0.1, 0.15) is 30.4 Å². The Morgan fingerprint density at radius 3 is 2.74 bits per heavy atom. The molecule has 0 aromatic heterocycles. The molecule has 2 heterocycles. The van der Waals surface area contributed by atoms with Crippen LogP contribution in [-0.2, 0) is 21.5 Å². The van der Waals surface area contributed by atoms with Crippen LogP contribution in [0.5, 0.6) is 11.5 Å². The lowest BCUT2D eigenvalue weighted by Gasteiger charge is -2.33. The number of benzene rings is 2. The van der Waals surface area contributed by atoms with Gasteiger partial charge in [0, 0.05) is 18.2 Å². The van der Waals surface area contributed by atoms with Crippen LogP contribution in [0.2, 0.25) is 0 Å². The molecule has 3 aliphatic rings. The summed E-state index contributed by atoms with van der Waals surface area (Å²) in [4.78, 5) is 39.6. The number of carbonyl (C=O) groups excluding carboxylic acids is 3. The van der Waals surface area contributed by atoms with Gasteiger partial charge in [0.1, 0.15) is 12.1 Å². The number of nitrogens with one attached hydrogen (secondary N) is 2. The third-order valence-corrected chi connectivity index (χ3v) is 5.98.